The lowest BCUT2D eigenvalue weighted by Crippen LogP contribution is -2.43. The molecule has 3 N–H and O–H groups in total. The molecule has 1 aromatic rings. The summed E-state index contributed by atoms with van der Waals surface area (Å²) in [5.74, 6) is 4.60. The zero-order valence-electron chi connectivity index (χ0n) is 11.3. The molecule has 0 aromatic heterocycles. The first-order valence-corrected chi connectivity index (χ1v) is 7.81. The number of halogens is 1. The molecule has 2 rings (SSSR count). The molecule has 1 fully saturated rings. The molecule has 0 bridgehead atoms. The number of anilines is 1. The molecule has 1 aliphatic rings. The van der Waals surface area contributed by atoms with Crippen LogP contribution in [0.5, 0.6) is 0 Å². The van der Waals surface area contributed by atoms with Crippen molar-refractivity contribution < 1.29 is 17.5 Å². The molecule has 1 aliphatic heterocycles. The number of hydrogen-bond donors (Lipinski definition) is 2. The fraction of sp³-hybridized carbons (Fsp3) is 0.385. The van der Waals surface area contributed by atoms with Gasteiger partial charge in [0.05, 0.1) is 25.4 Å². The van der Waals surface area contributed by atoms with Crippen LogP contribution in [-0.2, 0) is 14.9 Å². The predicted octanol–water partition coefficient (Wildman–Crippen LogP) is 0.125. The number of nitrogens with zero attached hydrogens (tertiary/aromatic N) is 1. The Morgan fingerprint density at radius 1 is 1.38 bits per heavy atom. The van der Waals surface area contributed by atoms with Gasteiger partial charge in [-0.05, 0) is 18.2 Å². The van der Waals surface area contributed by atoms with Crippen molar-refractivity contribution in [1.29, 1.82) is 0 Å². The van der Waals surface area contributed by atoms with Crippen molar-refractivity contribution in [1.82, 2.24) is 4.31 Å². The van der Waals surface area contributed by atoms with E-state index in [1.807, 2.05) is 0 Å². The first-order chi connectivity index (χ1) is 10.0. The van der Waals surface area contributed by atoms with Gasteiger partial charge in [0.2, 0.25) is 0 Å². The van der Waals surface area contributed by atoms with E-state index in [0.717, 1.165) is 0 Å². The summed E-state index contributed by atoms with van der Waals surface area (Å²) >= 11 is 0. The van der Waals surface area contributed by atoms with Gasteiger partial charge in [-0.1, -0.05) is 11.8 Å². The quantitative estimate of drug-likeness (QED) is 0.777. The monoisotopic (exact) mass is 313 g/mol. The molecule has 0 unspecified atom stereocenters. The second-order valence-corrected chi connectivity index (χ2v) is 5.99. The smallest absolute Gasteiger partial charge is 0.301 e. The molecule has 0 aliphatic carbocycles. The highest BCUT2D eigenvalue weighted by atomic mass is 32.2. The van der Waals surface area contributed by atoms with Crippen molar-refractivity contribution in [2.45, 2.75) is 0 Å². The van der Waals surface area contributed by atoms with Gasteiger partial charge in [-0.2, -0.15) is 12.7 Å². The summed E-state index contributed by atoms with van der Waals surface area (Å²) < 4.78 is 46.7. The second kappa shape index (κ2) is 6.87. The standard InChI is InChI=1S/C13H16FN3O3S/c14-12-10-11(2-1-5-15)3-4-13(12)16-21(18,19)17-6-8-20-9-7-17/h3-4,10,16H,5-9,15H2. The number of hydrogen-bond acceptors (Lipinski definition) is 4. The summed E-state index contributed by atoms with van der Waals surface area (Å²) in [7, 11) is -3.78. The lowest BCUT2D eigenvalue weighted by molar-refractivity contribution is 0.0733. The number of rotatable bonds is 3. The minimum atomic E-state index is -3.78. The number of nitrogens with one attached hydrogen (secondary N) is 1. The van der Waals surface area contributed by atoms with Gasteiger partial charge in [-0.15, -0.1) is 0 Å². The zero-order chi connectivity index (χ0) is 15.3. The second-order valence-electron chi connectivity index (χ2n) is 4.32. The van der Waals surface area contributed by atoms with Crippen LogP contribution in [0.4, 0.5) is 10.1 Å². The molecule has 0 atom stereocenters. The maximum atomic E-state index is 13.9. The van der Waals surface area contributed by atoms with Gasteiger partial charge >= 0.3 is 10.2 Å². The Labute approximate surface area is 123 Å². The van der Waals surface area contributed by atoms with Crippen LogP contribution in [0.25, 0.3) is 0 Å². The minimum absolute atomic E-state index is 0.111. The molecule has 1 aromatic carbocycles. The Morgan fingerprint density at radius 3 is 2.71 bits per heavy atom. The Bertz CT molecular complexity index is 661. The Balaban J connectivity index is 2.15. The molecule has 0 spiro atoms. The van der Waals surface area contributed by atoms with Crippen LogP contribution in [-0.4, -0.2) is 45.6 Å². The molecule has 8 heteroatoms. The average molecular weight is 313 g/mol. The van der Waals surface area contributed by atoms with Gasteiger partial charge in [0, 0.05) is 18.7 Å². The third-order valence-electron chi connectivity index (χ3n) is 2.85. The van der Waals surface area contributed by atoms with E-state index in [0.29, 0.717) is 18.8 Å². The highest BCUT2D eigenvalue weighted by Crippen LogP contribution is 2.18. The minimum Gasteiger partial charge on any atom is -0.379 e. The highest BCUT2D eigenvalue weighted by molar-refractivity contribution is 7.90. The van der Waals surface area contributed by atoms with E-state index in [9.17, 15) is 12.8 Å². The average Bonchev–Trinajstić information content (AvgIpc) is 2.48. The van der Waals surface area contributed by atoms with Crippen LogP contribution in [0.15, 0.2) is 18.2 Å². The Hall–Kier alpha value is -1.66. The van der Waals surface area contributed by atoms with E-state index >= 15 is 0 Å². The number of ether oxygens (including phenoxy) is 1. The molecule has 1 heterocycles. The van der Waals surface area contributed by atoms with Gasteiger partial charge in [-0.3, -0.25) is 4.72 Å². The molecule has 6 nitrogen and oxygen atoms in total. The molecule has 21 heavy (non-hydrogen) atoms. The van der Waals surface area contributed by atoms with Crippen LogP contribution >= 0.6 is 0 Å². The van der Waals surface area contributed by atoms with E-state index in [4.69, 9.17) is 10.5 Å². The van der Waals surface area contributed by atoms with Crippen molar-refractivity contribution in [2.24, 2.45) is 5.73 Å². The maximum Gasteiger partial charge on any atom is 0.301 e. The van der Waals surface area contributed by atoms with Crippen LogP contribution in [0.1, 0.15) is 5.56 Å². The largest absolute Gasteiger partial charge is 0.379 e. The number of morpholine rings is 1. The summed E-state index contributed by atoms with van der Waals surface area (Å²) in [5.41, 5.74) is 5.56. The first-order valence-electron chi connectivity index (χ1n) is 6.37. The summed E-state index contributed by atoms with van der Waals surface area (Å²) in [6.45, 7) is 1.33. The molecule has 0 amide bonds. The van der Waals surface area contributed by atoms with Crippen LogP contribution in [0.3, 0.4) is 0 Å². The van der Waals surface area contributed by atoms with E-state index in [2.05, 4.69) is 16.6 Å². The van der Waals surface area contributed by atoms with Crippen LogP contribution < -0.4 is 10.5 Å². The van der Waals surface area contributed by atoms with E-state index in [-0.39, 0.29) is 25.3 Å². The fourth-order valence-corrected chi connectivity index (χ4v) is 3.02. The van der Waals surface area contributed by atoms with Crippen molar-refractivity contribution in [3.8, 4) is 11.8 Å². The molecule has 0 radical (unpaired) electrons. The van der Waals surface area contributed by atoms with Crippen molar-refractivity contribution in [3.05, 3.63) is 29.6 Å². The lowest BCUT2D eigenvalue weighted by atomic mass is 10.2. The molecule has 0 saturated carbocycles. The third-order valence-corrected chi connectivity index (χ3v) is 4.38. The third kappa shape index (κ3) is 4.15. The Morgan fingerprint density at radius 2 is 2.10 bits per heavy atom. The van der Waals surface area contributed by atoms with Crippen molar-refractivity contribution in [3.63, 3.8) is 0 Å². The van der Waals surface area contributed by atoms with E-state index in [1.165, 1.54) is 22.5 Å². The van der Waals surface area contributed by atoms with Gasteiger partial charge in [0.15, 0.2) is 0 Å². The molecular formula is C13H16FN3O3S. The summed E-state index contributed by atoms with van der Waals surface area (Å²) in [5, 5.41) is 0. The normalized spacial score (nSPS) is 16.1. The van der Waals surface area contributed by atoms with E-state index in [1.54, 1.807) is 0 Å². The summed E-state index contributed by atoms with van der Waals surface area (Å²) in [6.07, 6.45) is 0. The SMILES string of the molecule is NCC#Cc1ccc(NS(=O)(=O)N2CCOCC2)c(F)c1. The Kier molecular flexibility index (Phi) is 5.14. The van der Waals surface area contributed by atoms with Crippen molar-refractivity contribution >= 4 is 15.9 Å². The molecule has 114 valence electrons. The summed E-state index contributed by atoms with van der Waals surface area (Å²) in [6, 6.07) is 4.04. The molecule has 1 saturated heterocycles. The predicted molar refractivity (Wildman–Crippen MR) is 77.3 cm³/mol. The van der Waals surface area contributed by atoms with Gasteiger partial charge in [0.1, 0.15) is 5.82 Å². The van der Waals surface area contributed by atoms with Gasteiger partial charge < -0.3 is 10.5 Å². The van der Waals surface area contributed by atoms with E-state index < -0.39 is 16.0 Å². The topological polar surface area (TPSA) is 84.7 Å². The fourth-order valence-electron chi connectivity index (χ4n) is 1.82. The lowest BCUT2D eigenvalue weighted by Gasteiger charge is -2.26. The zero-order valence-corrected chi connectivity index (χ0v) is 12.1. The summed E-state index contributed by atoms with van der Waals surface area (Å²) in [4.78, 5) is 0. The van der Waals surface area contributed by atoms with Crippen molar-refractivity contribution in [2.75, 3.05) is 37.6 Å². The number of nitrogens with two attached hydrogens (primary N) is 1. The first kappa shape index (κ1) is 15.7. The molecular weight excluding hydrogens is 297 g/mol. The van der Waals surface area contributed by atoms with Crippen LogP contribution in [0, 0.1) is 17.7 Å². The van der Waals surface area contributed by atoms with Gasteiger partial charge in [0.25, 0.3) is 0 Å². The number of benzene rings is 1. The maximum absolute atomic E-state index is 13.9. The van der Waals surface area contributed by atoms with Crippen LogP contribution in [0.2, 0.25) is 0 Å². The highest BCUT2D eigenvalue weighted by Gasteiger charge is 2.25. The van der Waals surface area contributed by atoms with Gasteiger partial charge in [-0.25, -0.2) is 4.39 Å².